The minimum atomic E-state index is -0.439. The van der Waals surface area contributed by atoms with Crippen molar-refractivity contribution < 1.29 is 14.4 Å². The number of nitrogens with zero attached hydrogens (tertiary/aromatic N) is 1. The van der Waals surface area contributed by atoms with Crippen LogP contribution < -0.4 is 10.6 Å². The van der Waals surface area contributed by atoms with Crippen molar-refractivity contribution in [3.05, 3.63) is 100 Å². The van der Waals surface area contributed by atoms with Gasteiger partial charge in [-0.1, -0.05) is 35.9 Å². The van der Waals surface area contributed by atoms with Gasteiger partial charge in [-0.25, -0.2) is 0 Å². The molecule has 0 saturated heterocycles. The Morgan fingerprint density at radius 2 is 1.50 bits per heavy atom. The van der Waals surface area contributed by atoms with Crippen LogP contribution in [-0.4, -0.2) is 23.0 Å². The van der Waals surface area contributed by atoms with Crippen molar-refractivity contribution in [1.82, 2.24) is 4.98 Å². The standard InChI is InChI=1S/C23H18ClN3O3/c1-15-4-2-3-5-19(15)22(29)21(24)20(14-28)26-17-6-8-18(9-7-17)27-23(30)16-10-12-25-13-11-16/h2-14,26H,1H3,(H,27,30)/b21-20-. The molecule has 30 heavy (non-hydrogen) atoms. The number of aldehydes is 1. The molecule has 6 nitrogen and oxygen atoms in total. The highest BCUT2D eigenvalue weighted by molar-refractivity contribution is 6.46. The number of aryl methyl sites for hydroxylation is 1. The van der Waals surface area contributed by atoms with E-state index in [1.165, 1.54) is 12.4 Å². The summed E-state index contributed by atoms with van der Waals surface area (Å²) in [6.45, 7) is 1.80. The Morgan fingerprint density at radius 3 is 2.10 bits per heavy atom. The highest BCUT2D eigenvalue weighted by Gasteiger charge is 2.17. The fourth-order valence-corrected chi connectivity index (χ4v) is 2.90. The van der Waals surface area contributed by atoms with E-state index in [0.717, 1.165) is 5.56 Å². The summed E-state index contributed by atoms with van der Waals surface area (Å²) >= 11 is 6.20. The molecule has 150 valence electrons. The first-order chi connectivity index (χ1) is 14.5. The largest absolute Gasteiger partial charge is 0.352 e. The van der Waals surface area contributed by atoms with Crippen LogP contribution in [0.25, 0.3) is 0 Å². The monoisotopic (exact) mass is 419 g/mol. The molecule has 0 radical (unpaired) electrons. The zero-order valence-electron chi connectivity index (χ0n) is 16.1. The van der Waals surface area contributed by atoms with Gasteiger partial charge in [0.15, 0.2) is 6.29 Å². The number of pyridine rings is 1. The number of hydrogen-bond acceptors (Lipinski definition) is 5. The Morgan fingerprint density at radius 1 is 0.900 bits per heavy atom. The van der Waals surface area contributed by atoms with Crippen molar-refractivity contribution in [1.29, 1.82) is 0 Å². The molecule has 0 spiro atoms. The Bertz CT molecular complexity index is 1110. The van der Waals surface area contributed by atoms with Crippen molar-refractivity contribution in [2.24, 2.45) is 0 Å². The molecule has 2 N–H and O–H groups in total. The lowest BCUT2D eigenvalue weighted by Gasteiger charge is -2.10. The van der Waals surface area contributed by atoms with Gasteiger partial charge in [-0.05, 0) is 48.9 Å². The third-order valence-electron chi connectivity index (χ3n) is 4.31. The van der Waals surface area contributed by atoms with Gasteiger partial charge in [-0.15, -0.1) is 0 Å². The lowest BCUT2D eigenvalue weighted by Crippen LogP contribution is -2.12. The fourth-order valence-electron chi connectivity index (χ4n) is 2.70. The number of hydrogen-bond donors (Lipinski definition) is 2. The maximum Gasteiger partial charge on any atom is 0.255 e. The van der Waals surface area contributed by atoms with E-state index in [1.54, 1.807) is 61.5 Å². The Kier molecular flexibility index (Phi) is 6.72. The minimum absolute atomic E-state index is 0.0431. The van der Waals surface area contributed by atoms with Crippen LogP contribution in [0.2, 0.25) is 0 Å². The average molecular weight is 420 g/mol. The Balaban J connectivity index is 1.73. The highest BCUT2D eigenvalue weighted by Crippen LogP contribution is 2.21. The van der Waals surface area contributed by atoms with Crippen LogP contribution in [0, 0.1) is 6.92 Å². The molecule has 1 amide bonds. The highest BCUT2D eigenvalue weighted by atomic mass is 35.5. The number of aromatic nitrogens is 1. The van der Waals surface area contributed by atoms with E-state index in [1.807, 2.05) is 6.07 Å². The zero-order chi connectivity index (χ0) is 21.5. The summed E-state index contributed by atoms with van der Waals surface area (Å²) in [5, 5.41) is 5.41. The molecule has 7 heteroatoms. The van der Waals surface area contributed by atoms with Crippen molar-refractivity contribution in [2.75, 3.05) is 10.6 Å². The number of carbonyl (C=O) groups is 3. The second-order valence-electron chi connectivity index (χ2n) is 6.38. The van der Waals surface area contributed by atoms with E-state index in [9.17, 15) is 14.4 Å². The van der Waals surface area contributed by atoms with Crippen molar-refractivity contribution in [3.63, 3.8) is 0 Å². The fraction of sp³-hybridized carbons (Fsp3) is 0.0435. The number of benzene rings is 2. The summed E-state index contributed by atoms with van der Waals surface area (Å²) in [7, 11) is 0. The van der Waals surface area contributed by atoms with E-state index >= 15 is 0 Å². The lowest BCUT2D eigenvalue weighted by atomic mass is 10.0. The van der Waals surface area contributed by atoms with E-state index in [-0.39, 0.29) is 16.6 Å². The second kappa shape index (κ2) is 9.62. The van der Waals surface area contributed by atoms with Gasteiger partial charge >= 0.3 is 0 Å². The number of Topliss-reactive ketones (excluding diaryl/α,β-unsaturated/α-hetero) is 1. The average Bonchev–Trinajstić information content (AvgIpc) is 2.78. The molecule has 0 saturated carbocycles. The van der Waals surface area contributed by atoms with E-state index in [2.05, 4.69) is 15.6 Å². The molecule has 3 rings (SSSR count). The van der Waals surface area contributed by atoms with E-state index in [4.69, 9.17) is 11.6 Å². The number of rotatable bonds is 7. The molecule has 3 aromatic rings. The number of nitrogens with one attached hydrogen (secondary N) is 2. The number of carbonyl (C=O) groups excluding carboxylic acids is 3. The van der Waals surface area contributed by atoms with Crippen molar-refractivity contribution in [3.8, 4) is 0 Å². The molecule has 0 aliphatic rings. The summed E-state index contributed by atoms with van der Waals surface area (Å²) in [6, 6.07) is 16.9. The minimum Gasteiger partial charge on any atom is -0.352 e. The molecule has 0 aliphatic carbocycles. The van der Waals surface area contributed by atoms with Crippen LogP contribution in [0.15, 0.2) is 83.8 Å². The van der Waals surface area contributed by atoms with Gasteiger partial charge in [-0.2, -0.15) is 0 Å². The lowest BCUT2D eigenvalue weighted by molar-refractivity contribution is -0.104. The number of ketones is 1. The second-order valence-corrected chi connectivity index (χ2v) is 6.76. The SMILES string of the molecule is Cc1ccccc1C(=O)/C(Cl)=C(\C=O)Nc1ccc(NC(=O)c2ccncc2)cc1. The van der Waals surface area contributed by atoms with Gasteiger partial charge in [0.2, 0.25) is 5.78 Å². The number of amides is 1. The molecule has 0 atom stereocenters. The topological polar surface area (TPSA) is 88.2 Å². The predicted molar refractivity (Wildman–Crippen MR) is 117 cm³/mol. The van der Waals surface area contributed by atoms with Gasteiger partial charge in [0.05, 0.1) is 0 Å². The third-order valence-corrected chi connectivity index (χ3v) is 4.68. The molecule has 2 aromatic carbocycles. The Labute approximate surface area is 178 Å². The van der Waals surface area contributed by atoms with Gasteiger partial charge in [0.25, 0.3) is 5.91 Å². The van der Waals surface area contributed by atoms with E-state index < -0.39 is 5.78 Å². The summed E-state index contributed by atoms with van der Waals surface area (Å²) in [6.07, 6.45) is 3.58. The predicted octanol–water partition coefficient (Wildman–Crippen LogP) is 4.59. The van der Waals surface area contributed by atoms with Crippen LogP contribution >= 0.6 is 11.6 Å². The molecule has 0 fully saturated rings. The van der Waals surface area contributed by atoms with Crippen LogP contribution in [0.4, 0.5) is 11.4 Å². The number of anilines is 2. The maximum absolute atomic E-state index is 12.6. The van der Waals surface area contributed by atoms with Crippen LogP contribution in [0.3, 0.4) is 0 Å². The van der Waals surface area contributed by atoms with Crippen LogP contribution in [0.1, 0.15) is 26.3 Å². The normalized spacial score (nSPS) is 11.3. The molecule has 1 heterocycles. The first kappa shape index (κ1) is 21.0. The first-order valence-electron chi connectivity index (χ1n) is 9.03. The Hall–Kier alpha value is -3.77. The van der Waals surface area contributed by atoms with Crippen molar-refractivity contribution in [2.45, 2.75) is 6.92 Å². The number of allylic oxidation sites excluding steroid dienone is 2. The van der Waals surface area contributed by atoms with Gasteiger partial charge in [0.1, 0.15) is 10.7 Å². The van der Waals surface area contributed by atoms with Gasteiger partial charge < -0.3 is 10.6 Å². The summed E-state index contributed by atoms with van der Waals surface area (Å²) in [5.74, 6) is -0.705. The van der Waals surface area contributed by atoms with Gasteiger partial charge in [-0.3, -0.25) is 19.4 Å². The van der Waals surface area contributed by atoms with Crippen molar-refractivity contribution >= 4 is 41.0 Å². The number of halogens is 1. The summed E-state index contributed by atoms with van der Waals surface area (Å²) < 4.78 is 0. The molecule has 0 bridgehead atoms. The summed E-state index contributed by atoms with van der Waals surface area (Å²) in [4.78, 5) is 40.2. The summed E-state index contributed by atoms with van der Waals surface area (Å²) in [5.41, 5.74) is 2.74. The molecule has 1 aromatic heterocycles. The molecular weight excluding hydrogens is 402 g/mol. The molecule has 0 aliphatic heterocycles. The van der Waals surface area contributed by atoms with Gasteiger partial charge in [0, 0.05) is 34.9 Å². The smallest absolute Gasteiger partial charge is 0.255 e. The molecular formula is C23H18ClN3O3. The third kappa shape index (κ3) is 4.98. The van der Waals surface area contributed by atoms with Crippen LogP contribution in [-0.2, 0) is 4.79 Å². The van der Waals surface area contributed by atoms with E-state index in [0.29, 0.717) is 28.8 Å². The zero-order valence-corrected chi connectivity index (χ0v) is 16.8. The van der Waals surface area contributed by atoms with Crippen LogP contribution in [0.5, 0.6) is 0 Å². The first-order valence-corrected chi connectivity index (χ1v) is 9.41. The maximum atomic E-state index is 12.6. The quantitative estimate of drug-likeness (QED) is 0.332. The molecule has 0 unspecified atom stereocenters.